The molecular formula is C14H17NO5S. The van der Waals surface area contributed by atoms with Crippen LogP contribution in [-0.4, -0.2) is 55.5 Å². The average molecular weight is 311 g/mol. The van der Waals surface area contributed by atoms with Crippen LogP contribution in [0, 0.1) is 0 Å². The summed E-state index contributed by atoms with van der Waals surface area (Å²) >= 11 is 1.35. The number of nitrogens with zero attached hydrogens (tertiary/aromatic N) is 1. The quantitative estimate of drug-likeness (QED) is 0.581. The van der Waals surface area contributed by atoms with Gasteiger partial charge in [-0.3, -0.25) is 14.4 Å². The predicted octanol–water partition coefficient (Wildman–Crippen LogP) is 1.11. The molecule has 1 saturated heterocycles. The van der Waals surface area contributed by atoms with Crippen LogP contribution >= 0.6 is 11.3 Å². The molecule has 0 saturated carbocycles. The molecule has 1 amide bonds. The van der Waals surface area contributed by atoms with E-state index < -0.39 is 5.97 Å². The molecule has 1 aromatic heterocycles. The number of carbonyl (C=O) groups excluding carboxylic acids is 3. The number of hydrogen-bond donors (Lipinski definition) is 0. The predicted molar refractivity (Wildman–Crippen MR) is 76.2 cm³/mol. The standard InChI is InChI=1S/C14H17NO5S/c16-11(12-2-1-9-21-12)3-4-14(18)20-10-13(17)15-5-7-19-8-6-15/h1-2,9H,3-8,10H2. The topological polar surface area (TPSA) is 72.9 Å². The van der Waals surface area contributed by atoms with E-state index in [4.69, 9.17) is 9.47 Å². The molecule has 114 valence electrons. The maximum absolute atomic E-state index is 11.8. The van der Waals surface area contributed by atoms with Crippen LogP contribution in [0.3, 0.4) is 0 Å². The Labute approximate surface area is 126 Å². The lowest BCUT2D eigenvalue weighted by Crippen LogP contribution is -2.42. The number of ether oxygens (including phenoxy) is 2. The Balaban J connectivity index is 1.65. The first-order valence-electron chi connectivity index (χ1n) is 6.74. The van der Waals surface area contributed by atoms with Gasteiger partial charge in [0.15, 0.2) is 12.4 Å². The van der Waals surface area contributed by atoms with Crippen LogP contribution in [0.5, 0.6) is 0 Å². The second-order valence-corrected chi connectivity index (χ2v) is 5.50. The smallest absolute Gasteiger partial charge is 0.306 e. The van der Waals surface area contributed by atoms with E-state index in [-0.39, 0.29) is 31.1 Å². The lowest BCUT2D eigenvalue weighted by atomic mass is 10.2. The van der Waals surface area contributed by atoms with Crippen LogP contribution < -0.4 is 0 Å². The number of carbonyl (C=O) groups is 3. The van der Waals surface area contributed by atoms with Gasteiger partial charge < -0.3 is 14.4 Å². The fraction of sp³-hybridized carbons (Fsp3) is 0.500. The highest BCUT2D eigenvalue weighted by Crippen LogP contribution is 2.12. The van der Waals surface area contributed by atoms with E-state index in [0.29, 0.717) is 31.2 Å². The van der Waals surface area contributed by atoms with Crippen molar-refractivity contribution in [1.29, 1.82) is 0 Å². The van der Waals surface area contributed by atoms with E-state index in [9.17, 15) is 14.4 Å². The molecule has 7 heteroatoms. The van der Waals surface area contributed by atoms with Gasteiger partial charge in [-0.1, -0.05) is 6.07 Å². The Morgan fingerprint density at radius 3 is 2.67 bits per heavy atom. The summed E-state index contributed by atoms with van der Waals surface area (Å²) in [6, 6.07) is 3.51. The lowest BCUT2D eigenvalue weighted by Gasteiger charge is -2.26. The van der Waals surface area contributed by atoms with Gasteiger partial charge in [-0.15, -0.1) is 11.3 Å². The van der Waals surface area contributed by atoms with E-state index in [0.717, 1.165) is 0 Å². The van der Waals surface area contributed by atoms with E-state index in [1.54, 1.807) is 17.0 Å². The molecule has 6 nitrogen and oxygen atoms in total. The summed E-state index contributed by atoms with van der Waals surface area (Å²) in [6.07, 6.45) is 0.0955. The van der Waals surface area contributed by atoms with Gasteiger partial charge in [0, 0.05) is 19.5 Å². The molecule has 1 fully saturated rings. The fourth-order valence-electron chi connectivity index (χ4n) is 1.89. The summed E-state index contributed by atoms with van der Waals surface area (Å²) in [7, 11) is 0. The number of Topliss-reactive ketones (excluding diaryl/α,β-unsaturated/α-hetero) is 1. The normalized spacial score (nSPS) is 14.8. The SMILES string of the molecule is O=C(CCC(=O)c1cccs1)OCC(=O)N1CCOCC1. The first kappa shape index (κ1) is 15.7. The maximum Gasteiger partial charge on any atom is 0.306 e. The van der Waals surface area contributed by atoms with Crippen LogP contribution in [0.25, 0.3) is 0 Å². The van der Waals surface area contributed by atoms with Crippen LogP contribution in [0.15, 0.2) is 17.5 Å². The Bertz CT molecular complexity index is 493. The van der Waals surface area contributed by atoms with Crippen LogP contribution in [0.1, 0.15) is 22.5 Å². The van der Waals surface area contributed by atoms with Crippen molar-refractivity contribution in [2.45, 2.75) is 12.8 Å². The number of thiophene rings is 1. The molecule has 21 heavy (non-hydrogen) atoms. The minimum atomic E-state index is -0.526. The van der Waals surface area contributed by atoms with Gasteiger partial charge in [-0.25, -0.2) is 0 Å². The highest BCUT2D eigenvalue weighted by atomic mass is 32.1. The van der Waals surface area contributed by atoms with Crippen molar-refractivity contribution in [1.82, 2.24) is 4.90 Å². The molecule has 0 unspecified atom stereocenters. The molecule has 0 N–H and O–H groups in total. The number of rotatable bonds is 6. The number of amides is 1. The molecule has 1 aromatic rings. The monoisotopic (exact) mass is 311 g/mol. The largest absolute Gasteiger partial charge is 0.456 e. The van der Waals surface area contributed by atoms with Gasteiger partial charge in [-0.2, -0.15) is 0 Å². The van der Waals surface area contributed by atoms with Gasteiger partial charge in [0.2, 0.25) is 0 Å². The Kier molecular flexibility index (Phi) is 5.89. The Morgan fingerprint density at radius 2 is 2.00 bits per heavy atom. The van der Waals surface area contributed by atoms with Crippen LogP contribution in [0.4, 0.5) is 0 Å². The van der Waals surface area contributed by atoms with Gasteiger partial charge in [-0.05, 0) is 11.4 Å². The first-order chi connectivity index (χ1) is 10.2. The zero-order chi connectivity index (χ0) is 15.1. The van der Waals surface area contributed by atoms with Crippen LogP contribution in [-0.2, 0) is 19.1 Å². The molecule has 2 heterocycles. The number of morpholine rings is 1. The molecular weight excluding hydrogens is 294 g/mol. The minimum Gasteiger partial charge on any atom is -0.456 e. The maximum atomic E-state index is 11.8. The Morgan fingerprint density at radius 1 is 1.24 bits per heavy atom. The lowest BCUT2D eigenvalue weighted by molar-refractivity contribution is -0.153. The summed E-state index contributed by atoms with van der Waals surface area (Å²) in [5.74, 6) is -0.834. The molecule has 0 bridgehead atoms. The highest BCUT2D eigenvalue weighted by molar-refractivity contribution is 7.12. The molecule has 1 aliphatic heterocycles. The highest BCUT2D eigenvalue weighted by Gasteiger charge is 2.18. The van der Waals surface area contributed by atoms with Crippen molar-refractivity contribution in [3.63, 3.8) is 0 Å². The van der Waals surface area contributed by atoms with E-state index in [1.807, 2.05) is 5.38 Å². The van der Waals surface area contributed by atoms with Crippen molar-refractivity contribution >= 4 is 29.0 Å². The second-order valence-electron chi connectivity index (χ2n) is 4.55. The van der Waals surface area contributed by atoms with Crippen molar-refractivity contribution in [2.24, 2.45) is 0 Å². The summed E-state index contributed by atoms with van der Waals surface area (Å²) in [6.45, 7) is 1.79. The number of esters is 1. The van der Waals surface area contributed by atoms with Crippen molar-refractivity contribution in [3.05, 3.63) is 22.4 Å². The van der Waals surface area contributed by atoms with Gasteiger partial charge in [0.25, 0.3) is 5.91 Å². The third-order valence-electron chi connectivity index (χ3n) is 3.07. The number of hydrogen-bond acceptors (Lipinski definition) is 6. The zero-order valence-corrected chi connectivity index (χ0v) is 12.4. The Hall–Kier alpha value is -1.73. The molecule has 0 spiro atoms. The van der Waals surface area contributed by atoms with Gasteiger partial charge in [0.05, 0.1) is 24.5 Å². The van der Waals surface area contributed by atoms with E-state index >= 15 is 0 Å². The molecule has 0 radical (unpaired) electrons. The molecule has 0 aliphatic carbocycles. The minimum absolute atomic E-state index is 0.00682. The third kappa shape index (κ3) is 4.95. The molecule has 0 atom stereocenters. The first-order valence-corrected chi connectivity index (χ1v) is 7.62. The molecule has 1 aliphatic rings. The molecule has 0 aromatic carbocycles. The zero-order valence-electron chi connectivity index (χ0n) is 11.6. The van der Waals surface area contributed by atoms with Gasteiger partial charge in [0.1, 0.15) is 0 Å². The summed E-state index contributed by atoms with van der Waals surface area (Å²) in [4.78, 5) is 37.2. The number of ketones is 1. The summed E-state index contributed by atoms with van der Waals surface area (Å²) in [5.41, 5.74) is 0. The van der Waals surface area contributed by atoms with Crippen molar-refractivity contribution in [2.75, 3.05) is 32.9 Å². The van der Waals surface area contributed by atoms with Crippen molar-refractivity contribution < 1.29 is 23.9 Å². The average Bonchev–Trinajstić information content (AvgIpc) is 3.05. The summed E-state index contributed by atoms with van der Waals surface area (Å²) in [5, 5.41) is 1.81. The van der Waals surface area contributed by atoms with Gasteiger partial charge >= 0.3 is 5.97 Å². The van der Waals surface area contributed by atoms with Crippen LogP contribution in [0.2, 0.25) is 0 Å². The molecule has 2 rings (SSSR count). The second kappa shape index (κ2) is 7.90. The van der Waals surface area contributed by atoms with E-state index in [2.05, 4.69) is 0 Å². The van der Waals surface area contributed by atoms with E-state index in [1.165, 1.54) is 11.3 Å². The summed E-state index contributed by atoms with van der Waals surface area (Å²) < 4.78 is 10.0. The van der Waals surface area contributed by atoms with Crippen molar-refractivity contribution in [3.8, 4) is 0 Å². The third-order valence-corrected chi connectivity index (χ3v) is 3.98. The fourth-order valence-corrected chi connectivity index (χ4v) is 2.59.